The molecule has 23 heavy (non-hydrogen) atoms. The van der Waals surface area contributed by atoms with Crippen LogP contribution in [-0.4, -0.2) is 26.2 Å². The smallest absolute Gasteiger partial charge is 0.170 e. The molecule has 0 spiro atoms. The van der Waals surface area contributed by atoms with Crippen molar-refractivity contribution in [3.05, 3.63) is 36.2 Å². The van der Waals surface area contributed by atoms with Crippen molar-refractivity contribution in [1.82, 2.24) is 25.5 Å². The summed E-state index contributed by atoms with van der Waals surface area (Å²) < 4.78 is 1.82. The van der Waals surface area contributed by atoms with Gasteiger partial charge in [0.25, 0.3) is 0 Å². The predicted octanol–water partition coefficient (Wildman–Crippen LogP) is 3.36. The van der Waals surface area contributed by atoms with Crippen LogP contribution in [0.5, 0.6) is 0 Å². The molecular formula is C18H27N5. The van der Waals surface area contributed by atoms with Crippen LogP contribution in [0.25, 0.3) is 5.69 Å². The fourth-order valence-corrected chi connectivity index (χ4v) is 3.72. The van der Waals surface area contributed by atoms with Crippen LogP contribution < -0.4 is 5.32 Å². The van der Waals surface area contributed by atoms with Crippen LogP contribution in [-0.2, 0) is 6.54 Å². The van der Waals surface area contributed by atoms with Crippen LogP contribution in [0.2, 0.25) is 0 Å². The zero-order valence-electron chi connectivity index (χ0n) is 14.4. The number of rotatable bonds is 4. The van der Waals surface area contributed by atoms with Gasteiger partial charge in [0.1, 0.15) is 0 Å². The van der Waals surface area contributed by atoms with Gasteiger partial charge in [0.2, 0.25) is 0 Å². The van der Waals surface area contributed by atoms with E-state index >= 15 is 0 Å². The number of hydrogen-bond donors (Lipinski definition) is 1. The van der Waals surface area contributed by atoms with E-state index in [0.29, 0.717) is 23.9 Å². The van der Waals surface area contributed by atoms with Crippen LogP contribution in [0.3, 0.4) is 0 Å². The summed E-state index contributed by atoms with van der Waals surface area (Å²) in [5, 5.41) is 15.9. The average molecular weight is 313 g/mol. The van der Waals surface area contributed by atoms with E-state index in [4.69, 9.17) is 0 Å². The molecule has 3 rings (SSSR count). The summed E-state index contributed by atoms with van der Waals surface area (Å²) in [6.07, 6.45) is 5.22. The molecule has 1 saturated carbocycles. The second-order valence-electron chi connectivity index (χ2n) is 7.59. The van der Waals surface area contributed by atoms with E-state index in [1.165, 1.54) is 25.7 Å². The Bertz CT molecular complexity index is 614. The Hall–Kier alpha value is -1.75. The first kappa shape index (κ1) is 16.1. The minimum Gasteiger partial charge on any atom is -0.307 e. The van der Waals surface area contributed by atoms with Crippen molar-refractivity contribution in [3.8, 4) is 5.69 Å². The van der Waals surface area contributed by atoms with Crippen molar-refractivity contribution in [2.75, 3.05) is 0 Å². The second-order valence-corrected chi connectivity index (χ2v) is 7.59. The minimum atomic E-state index is 0.337. The van der Waals surface area contributed by atoms with Crippen molar-refractivity contribution in [2.24, 2.45) is 11.3 Å². The molecule has 0 saturated heterocycles. The summed E-state index contributed by atoms with van der Waals surface area (Å²) in [7, 11) is 0. The summed E-state index contributed by atoms with van der Waals surface area (Å²) >= 11 is 0. The highest BCUT2D eigenvalue weighted by molar-refractivity contribution is 5.30. The zero-order valence-corrected chi connectivity index (χ0v) is 14.4. The quantitative estimate of drug-likeness (QED) is 0.940. The number of benzene rings is 1. The molecule has 2 aromatic rings. The van der Waals surface area contributed by atoms with Gasteiger partial charge in [0.15, 0.2) is 5.82 Å². The van der Waals surface area contributed by atoms with Crippen LogP contribution in [0.1, 0.15) is 52.3 Å². The van der Waals surface area contributed by atoms with Gasteiger partial charge in [0, 0.05) is 6.04 Å². The fourth-order valence-electron chi connectivity index (χ4n) is 3.72. The summed E-state index contributed by atoms with van der Waals surface area (Å²) in [5.74, 6) is 1.58. The highest BCUT2D eigenvalue weighted by Crippen LogP contribution is 2.38. The highest BCUT2D eigenvalue weighted by atomic mass is 15.5. The number of para-hydroxylation sites is 1. The van der Waals surface area contributed by atoms with Gasteiger partial charge in [-0.1, -0.05) is 51.8 Å². The van der Waals surface area contributed by atoms with Crippen LogP contribution in [0.4, 0.5) is 0 Å². The Balaban J connectivity index is 1.70. The Morgan fingerprint density at radius 1 is 1.13 bits per heavy atom. The molecule has 0 bridgehead atoms. The fraction of sp³-hybridized carbons (Fsp3) is 0.611. The summed E-state index contributed by atoms with van der Waals surface area (Å²) in [6.45, 7) is 7.77. The lowest BCUT2D eigenvalue weighted by atomic mass is 9.69. The largest absolute Gasteiger partial charge is 0.307 e. The van der Waals surface area contributed by atoms with E-state index < -0.39 is 0 Å². The lowest BCUT2D eigenvalue weighted by Crippen LogP contribution is -2.44. The molecule has 124 valence electrons. The van der Waals surface area contributed by atoms with Gasteiger partial charge in [0.05, 0.1) is 12.2 Å². The molecule has 2 unspecified atom stereocenters. The Morgan fingerprint density at radius 3 is 2.61 bits per heavy atom. The Morgan fingerprint density at radius 2 is 1.87 bits per heavy atom. The highest BCUT2D eigenvalue weighted by Gasteiger charge is 2.33. The maximum atomic E-state index is 4.20. The monoisotopic (exact) mass is 313 g/mol. The number of tetrazole rings is 1. The van der Waals surface area contributed by atoms with Crippen molar-refractivity contribution in [2.45, 2.75) is 59.0 Å². The molecule has 1 fully saturated rings. The molecule has 0 aliphatic heterocycles. The standard InChI is InChI=1S/C18H27N5/c1-18(2,3)15-11-7-8-12-16(15)19-13-17-20-21-22-23(17)14-9-5-4-6-10-14/h4-6,9-10,15-16,19H,7-8,11-13H2,1-3H3. The van der Waals surface area contributed by atoms with Gasteiger partial charge in [-0.2, -0.15) is 4.68 Å². The van der Waals surface area contributed by atoms with Crippen LogP contribution >= 0.6 is 0 Å². The van der Waals surface area contributed by atoms with E-state index in [1.807, 2.05) is 35.0 Å². The molecule has 0 radical (unpaired) electrons. The second kappa shape index (κ2) is 6.79. The molecule has 1 aromatic heterocycles. The third kappa shape index (κ3) is 3.78. The molecule has 5 heteroatoms. The Kier molecular flexibility index (Phi) is 4.76. The summed E-state index contributed by atoms with van der Waals surface area (Å²) in [5.41, 5.74) is 1.34. The van der Waals surface area contributed by atoms with Crippen LogP contribution in [0, 0.1) is 11.3 Å². The normalized spacial score (nSPS) is 22.2. The molecule has 1 heterocycles. The summed E-state index contributed by atoms with van der Waals surface area (Å²) in [6, 6.07) is 10.6. The van der Waals surface area contributed by atoms with Gasteiger partial charge in [-0.15, -0.1) is 5.10 Å². The van der Waals surface area contributed by atoms with Crippen molar-refractivity contribution in [3.63, 3.8) is 0 Å². The van der Waals surface area contributed by atoms with Crippen molar-refractivity contribution >= 4 is 0 Å². The van der Waals surface area contributed by atoms with E-state index in [-0.39, 0.29) is 0 Å². The third-order valence-electron chi connectivity index (χ3n) is 4.94. The molecular weight excluding hydrogens is 286 g/mol. The molecule has 1 aliphatic rings. The molecule has 1 aliphatic carbocycles. The lowest BCUT2D eigenvalue weighted by molar-refractivity contribution is 0.129. The minimum absolute atomic E-state index is 0.337. The predicted molar refractivity (Wildman–Crippen MR) is 91.2 cm³/mol. The molecule has 1 aromatic carbocycles. The third-order valence-corrected chi connectivity index (χ3v) is 4.94. The van der Waals surface area contributed by atoms with Crippen LogP contribution in [0.15, 0.2) is 30.3 Å². The summed E-state index contributed by atoms with van der Waals surface area (Å²) in [4.78, 5) is 0. The van der Waals surface area contributed by atoms with E-state index in [1.54, 1.807) is 0 Å². The van der Waals surface area contributed by atoms with Gasteiger partial charge in [-0.05, 0) is 46.7 Å². The molecule has 0 amide bonds. The zero-order chi connectivity index (χ0) is 16.3. The maximum Gasteiger partial charge on any atom is 0.170 e. The maximum absolute atomic E-state index is 4.20. The van der Waals surface area contributed by atoms with E-state index in [9.17, 15) is 0 Å². The van der Waals surface area contributed by atoms with Gasteiger partial charge >= 0.3 is 0 Å². The average Bonchev–Trinajstić information content (AvgIpc) is 3.02. The molecule has 2 atom stereocenters. The topological polar surface area (TPSA) is 55.6 Å². The lowest BCUT2D eigenvalue weighted by Gasteiger charge is -2.41. The van der Waals surface area contributed by atoms with Crippen molar-refractivity contribution < 1.29 is 0 Å². The SMILES string of the molecule is CC(C)(C)C1CCCCC1NCc1nnnn1-c1ccccc1. The first-order valence-corrected chi connectivity index (χ1v) is 8.62. The number of aromatic nitrogens is 4. The number of hydrogen-bond acceptors (Lipinski definition) is 4. The van der Waals surface area contributed by atoms with Gasteiger partial charge < -0.3 is 5.32 Å². The molecule has 1 N–H and O–H groups in total. The van der Waals surface area contributed by atoms with E-state index in [0.717, 1.165) is 11.5 Å². The Labute approximate surface area is 138 Å². The van der Waals surface area contributed by atoms with Gasteiger partial charge in [-0.25, -0.2) is 0 Å². The molecule has 5 nitrogen and oxygen atoms in total. The number of nitrogens with zero attached hydrogens (tertiary/aromatic N) is 4. The van der Waals surface area contributed by atoms with Gasteiger partial charge in [-0.3, -0.25) is 0 Å². The number of nitrogens with one attached hydrogen (secondary N) is 1. The van der Waals surface area contributed by atoms with Crippen molar-refractivity contribution in [1.29, 1.82) is 0 Å². The first-order chi connectivity index (χ1) is 11.1. The van der Waals surface area contributed by atoms with E-state index in [2.05, 4.69) is 41.6 Å². The first-order valence-electron chi connectivity index (χ1n) is 8.62.